The minimum absolute atomic E-state index is 0.142. The van der Waals surface area contributed by atoms with Gasteiger partial charge in [-0.2, -0.15) is 0 Å². The molecule has 112 valence electrons. The molecule has 1 atom stereocenters. The molecule has 0 bridgehead atoms. The predicted molar refractivity (Wildman–Crippen MR) is 80.3 cm³/mol. The number of carboxylic acids is 1. The van der Waals surface area contributed by atoms with Gasteiger partial charge >= 0.3 is 5.97 Å². The Morgan fingerprint density at radius 3 is 2.50 bits per heavy atom. The molecule has 0 fully saturated rings. The van der Waals surface area contributed by atoms with E-state index in [0.717, 1.165) is 31.6 Å². The molecule has 0 saturated heterocycles. The van der Waals surface area contributed by atoms with E-state index in [1.807, 2.05) is 31.2 Å². The lowest BCUT2D eigenvalue weighted by Crippen LogP contribution is -2.45. The van der Waals surface area contributed by atoms with Crippen molar-refractivity contribution in [2.45, 2.75) is 45.1 Å². The van der Waals surface area contributed by atoms with E-state index in [1.165, 1.54) is 5.56 Å². The third kappa shape index (κ3) is 5.61. The second kappa shape index (κ2) is 7.90. The number of rotatable bonds is 9. The van der Waals surface area contributed by atoms with E-state index in [1.54, 1.807) is 7.11 Å². The Balaban J connectivity index is 2.61. The maximum Gasteiger partial charge on any atom is 0.305 e. The molecule has 1 unspecified atom stereocenters. The van der Waals surface area contributed by atoms with Gasteiger partial charge in [0.15, 0.2) is 0 Å². The van der Waals surface area contributed by atoms with E-state index in [0.29, 0.717) is 0 Å². The molecule has 1 aromatic carbocycles. The van der Waals surface area contributed by atoms with Crippen LogP contribution in [0.4, 0.5) is 0 Å². The number of hydrogen-bond donors (Lipinski definition) is 2. The van der Waals surface area contributed by atoms with Gasteiger partial charge in [0, 0.05) is 5.54 Å². The fourth-order valence-electron chi connectivity index (χ4n) is 2.21. The number of aliphatic carboxylic acids is 1. The first-order valence-electron chi connectivity index (χ1n) is 7.09. The highest BCUT2D eigenvalue weighted by atomic mass is 16.5. The van der Waals surface area contributed by atoms with E-state index in [2.05, 4.69) is 12.2 Å². The largest absolute Gasteiger partial charge is 0.497 e. The Kier molecular flexibility index (Phi) is 6.52. The number of benzene rings is 1. The van der Waals surface area contributed by atoms with Crippen LogP contribution >= 0.6 is 0 Å². The van der Waals surface area contributed by atoms with E-state index < -0.39 is 5.97 Å². The summed E-state index contributed by atoms with van der Waals surface area (Å²) in [5.41, 5.74) is 0.836. The quantitative estimate of drug-likeness (QED) is 0.730. The van der Waals surface area contributed by atoms with Gasteiger partial charge in [0.2, 0.25) is 0 Å². The summed E-state index contributed by atoms with van der Waals surface area (Å²) in [5, 5.41) is 12.4. The van der Waals surface area contributed by atoms with Crippen molar-refractivity contribution in [1.82, 2.24) is 5.32 Å². The fourth-order valence-corrected chi connectivity index (χ4v) is 2.21. The molecule has 0 aliphatic carbocycles. The Bertz CT molecular complexity index is 416. The van der Waals surface area contributed by atoms with Crippen molar-refractivity contribution in [3.8, 4) is 5.75 Å². The zero-order valence-corrected chi connectivity index (χ0v) is 12.6. The molecule has 0 heterocycles. The lowest BCUT2D eigenvalue weighted by atomic mass is 9.89. The smallest absolute Gasteiger partial charge is 0.305 e. The molecule has 1 aromatic rings. The highest BCUT2D eigenvalue weighted by Crippen LogP contribution is 2.20. The van der Waals surface area contributed by atoms with E-state index in [4.69, 9.17) is 9.84 Å². The van der Waals surface area contributed by atoms with E-state index in [-0.39, 0.29) is 12.0 Å². The first kappa shape index (κ1) is 16.5. The molecule has 0 radical (unpaired) electrons. The van der Waals surface area contributed by atoms with Crippen molar-refractivity contribution in [3.05, 3.63) is 29.8 Å². The molecule has 1 rings (SSSR count). The van der Waals surface area contributed by atoms with Crippen molar-refractivity contribution in [3.63, 3.8) is 0 Å². The first-order valence-corrected chi connectivity index (χ1v) is 7.09. The highest BCUT2D eigenvalue weighted by molar-refractivity contribution is 5.68. The number of carbonyl (C=O) groups is 1. The van der Waals surface area contributed by atoms with Gasteiger partial charge in [0.25, 0.3) is 0 Å². The second-order valence-corrected chi connectivity index (χ2v) is 5.41. The summed E-state index contributed by atoms with van der Waals surface area (Å²) in [6.45, 7) is 4.91. The Labute approximate surface area is 121 Å². The van der Waals surface area contributed by atoms with Gasteiger partial charge in [-0.25, -0.2) is 0 Å². The maximum atomic E-state index is 11.0. The van der Waals surface area contributed by atoms with Gasteiger partial charge in [-0.15, -0.1) is 0 Å². The van der Waals surface area contributed by atoms with Crippen molar-refractivity contribution in [1.29, 1.82) is 0 Å². The number of hydrogen-bond acceptors (Lipinski definition) is 3. The van der Waals surface area contributed by atoms with E-state index >= 15 is 0 Å². The van der Waals surface area contributed by atoms with Crippen LogP contribution < -0.4 is 10.1 Å². The highest BCUT2D eigenvalue weighted by Gasteiger charge is 2.26. The van der Waals surface area contributed by atoms with Crippen LogP contribution in [-0.2, 0) is 11.2 Å². The van der Waals surface area contributed by atoms with Gasteiger partial charge < -0.3 is 15.2 Å². The third-order valence-corrected chi connectivity index (χ3v) is 3.47. The summed E-state index contributed by atoms with van der Waals surface area (Å²) in [6, 6.07) is 7.92. The van der Waals surface area contributed by atoms with Gasteiger partial charge in [0.05, 0.1) is 13.5 Å². The zero-order chi connectivity index (χ0) is 15.0. The summed E-state index contributed by atoms with van der Waals surface area (Å²) >= 11 is 0. The number of nitrogens with one attached hydrogen (secondary N) is 1. The van der Waals surface area contributed by atoms with Gasteiger partial charge in [0.1, 0.15) is 5.75 Å². The van der Waals surface area contributed by atoms with Crippen LogP contribution in [0.5, 0.6) is 5.75 Å². The average molecular weight is 279 g/mol. The minimum atomic E-state index is -0.758. The van der Waals surface area contributed by atoms with Crippen LogP contribution in [0, 0.1) is 0 Å². The van der Waals surface area contributed by atoms with Crippen LogP contribution in [0.1, 0.15) is 38.7 Å². The molecule has 0 saturated carbocycles. The van der Waals surface area contributed by atoms with Crippen molar-refractivity contribution >= 4 is 5.97 Å². The molecular formula is C16H25NO3. The van der Waals surface area contributed by atoms with Crippen LogP contribution in [0.2, 0.25) is 0 Å². The van der Waals surface area contributed by atoms with Gasteiger partial charge in [-0.3, -0.25) is 4.79 Å². The standard InChI is InChI=1S/C16H25NO3/c1-4-11-17-16(2,12-15(18)19)10-9-13-5-7-14(20-3)8-6-13/h5-8,17H,4,9-12H2,1-3H3,(H,18,19). The molecule has 0 spiro atoms. The Morgan fingerprint density at radius 1 is 1.35 bits per heavy atom. The predicted octanol–water partition coefficient (Wildman–Crippen LogP) is 2.86. The summed E-state index contributed by atoms with van der Waals surface area (Å²) in [5.74, 6) is 0.0805. The van der Waals surface area contributed by atoms with Crippen molar-refractivity contribution in [2.24, 2.45) is 0 Å². The SMILES string of the molecule is CCCNC(C)(CCc1ccc(OC)cc1)CC(=O)O. The number of carboxylic acid groups (broad SMARTS) is 1. The lowest BCUT2D eigenvalue weighted by Gasteiger charge is -2.29. The van der Waals surface area contributed by atoms with Crippen LogP contribution in [0.3, 0.4) is 0 Å². The topological polar surface area (TPSA) is 58.6 Å². The Hall–Kier alpha value is -1.55. The van der Waals surface area contributed by atoms with Gasteiger partial charge in [-0.05, 0) is 50.4 Å². The molecular weight excluding hydrogens is 254 g/mol. The Morgan fingerprint density at radius 2 is 2.00 bits per heavy atom. The molecule has 4 heteroatoms. The number of aryl methyl sites for hydroxylation is 1. The monoisotopic (exact) mass is 279 g/mol. The molecule has 0 amide bonds. The summed E-state index contributed by atoms with van der Waals surface area (Å²) in [6.07, 6.45) is 2.79. The minimum Gasteiger partial charge on any atom is -0.497 e. The summed E-state index contributed by atoms with van der Waals surface area (Å²) < 4.78 is 5.13. The molecule has 0 aliphatic heterocycles. The third-order valence-electron chi connectivity index (χ3n) is 3.47. The van der Waals surface area contributed by atoms with Crippen LogP contribution in [0.25, 0.3) is 0 Å². The second-order valence-electron chi connectivity index (χ2n) is 5.41. The summed E-state index contributed by atoms with van der Waals surface area (Å²) in [7, 11) is 1.65. The molecule has 2 N–H and O–H groups in total. The zero-order valence-electron chi connectivity index (χ0n) is 12.6. The van der Waals surface area contributed by atoms with Crippen molar-refractivity contribution < 1.29 is 14.6 Å². The number of ether oxygens (including phenoxy) is 1. The molecule has 20 heavy (non-hydrogen) atoms. The lowest BCUT2D eigenvalue weighted by molar-refractivity contribution is -0.138. The maximum absolute atomic E-state index is 11.0. The van der Waals surface area contributed by atoms with Crippen LogP contribution in [-0.4, -0.2) is 30.3 Å². The fraction of sp³-hybridized carbons (Fsp3) is 0.562. The van der Waals surface area contributed by atoms with E-state index in [9.17, 15) is 4.79 Å². The molecule has 0 aliphatic rings. The molecule has 0 aromatic heterocycles. The van der Waals surface area contributed by atoms with Gasteiger partial charge in [-0.1, -0.05) is 19.1 Å². The number of methoxy groups -OCH3 is 1. The summed E-state index contributed by atoms with van der Waals surface area (Å²) in [4.78, 5) is 11.0. The first-order chi connectivity index (χ1) is 9.49. The molecule has 4 nitrogen and oxygen atoms in total. The average Bonchev–Trinajstić information content (AvgIpc) is 2.43. The normalized spacial score (nSPS) is 13.8. The van der Waals surface area contributed by atoms with Crippen molar-refractivity contribution in [2.75, 3.05) is 13.7 Å². The van der Waals surface area contributed by atoms with Crippen LogP contribution in [0.15, 0.2) is 24.3 Å².